The van der Waals surface area contributed by atoms with Gasteiger partial charge in [-0.05, 0) is 50.3 Å². The molecule has 3 rings (SSSR count). The molecular formula is C18H24ClN3O4S. The third-order valence-corrected chi connectivity index (χ3v) is 7.11. The predicted octanol–water partition coefficient (Wildman–Crippen LogP) is 2.37. The number of amides is 2. The first-order valence-corrected chi connectivity index (χ1v) is 11.2. The van der Waals surface area contributed by atoms with Crippen molar-refractivity contribution in [2.24, 2.45) is 0 Å². The molecule has 1 heterocycles. The number of carbonyl (C=O) groups is 2. The van der Waals surface area contributed by atoms with Gasteiger partial charge in [0, 0.05) is 18.3 Å². The van der Waals surface area contributed by atoms with Gasteiger partial charge in [0.05, 0.1) is 16.3 Å². The van der Waals surface area contributed by atoms with Gasteiger partial charge in [-0.3, -0.25) is 9.59 Å². The van der Waals surface area contributed by atoms with Crippen LogP contribution in [-0.4, -0.2) is 48.9 Å². The van der Waals surface area contributed by atoms with E-state index in [1.165, 1.54) is 10.4 Å². The highest BCUT2D eigenvalue weighted by Crippen LogP contribution is 2.26. The lowest BCUT2D eigenvalue weighted by atomic mass is 10.1. The molecule has 1 saturated heterocycles. The molecule has 148 valence electrons. The van der Waals surface area contributed by atoms with E-state index in [1.54, 1.807) is 19.1 Å². The molecule has 1 unspecified atom stereocenters. The average molecular weight is 414 g/mol. The molecule has 7 nitrogen and oxygen atoms in total. The number of rotatable bonds is 7. The Kier molecular flexibility index (Phi) is 6.08. The summed E-state index contributed by atoms with van der Waals surface area (Å²) in [7, 11) is -3.43. The molecule has 9 heteroatoms. The molecule has 2 aliphatic rings. The Bertz CT molecular complexity index is 839. The lowest BCUT2D eigenvalue weighted by Crippen LogP contribution is -2.44. The van der Waals surface area contributed by atoms with Gasteiger partial charge >= 0.3 is 0 Å². The molecule has 1 aromatic rings. The largest absolute Gasteiger partial charge is 0.349 e. The molecule has 1 atom stereocenters. The topological polar surface area (TPSA) is 95.6 Å². The van der Waals surface area contributed by atoms with Crippen molar-refractivity contribution in [1.82, 2.24) is 9.62 Å². The van der Waals surface area contributed by atoms with E-state index in [0.29, 0.717) is 37.1 Å². The Labute approximate surface area is 164 Å². The van der Waals surface area contributed by atoms with Crippen LogP contribution in [0.4, 0.5) is 5.69 Å². The second kappa shape index (κ2) is 8.16. The van der Waals surface area contributed by atoms with Gasteiger partial charge in [0.2, 0.25) is 15.9 Å². The zero-order chi connectivity index (χ0) is 19.6. The Morgan fingerprint density at radius 1 is 1.26 bits per heavy atom. The normalized spacial score (nSPS) is 20.4. The van der Waals surface area contributed by atoms with E-state index in [4.69, 9.17) is 11.6 Å². The van der Waals surface area contributed by atoms with Crippen molar-refractivity contribution in [3.05, 3.63) is 28.8 Å². The summed E-state index contributed by atoms with van der Waals surface area (Å²) >= 11 is 6.20. The summed E-state index contributed by atoms with van der Waals surface area (Å²) in [6, 6.07) is 4.20. The molecular weight excluding hydrogens is 390 g/mol. The average Bonchev–Trinajstić information content (AvgIpc) is 3.25. The Hall–Kier alpha value is -1.64. The number of anilines is 1. The number of halogens is 1. The molecule has 1 saturated carbocycles. The van der Waals surface area contributed by atoms with Crippen molar-refractivity contribution in [2.75, 3.05) is 17.6 Å². The van der Waals surface area contributed by atoms with Gasteiger partial charge in [0.25, 0.3) is 5.91 Å². The van der Waals surface area contributed by atoms with E-state index in [2.05, 4.69) is 10.6 Å². The highest BCUT2D eigenvalue weighted by molar-refractivity contribution is 7.89. The van der Waals surface area contributed by atoms with Gasteiger partial charge < -0.3 is 10.6 Å². The number of nitrogens with zero attached hydrogens (tertiary/aromatic N) is 1. The highest BCUT2D eigenvalue weighted by Gasteiger charge is 2.38. The summed E-state index contributed by atoms with van der Waals surface area (Å²) in [5, 5.41) is 5.84. The molecule has 0 radical (unpaired) electrons. The standard InChI is InChI=1S/C18H24ClN3O4S/c1-2-10-27(25,26)22-9-3-4-16(22)18(24)21-13-7-8-14(15(19)11-13)17(23)20-12-5-6-12/h7-8,11-12,16H,2-6,9-10H2,1H3,(H,20,23)(H,21,24). The monoisotopic (exact) mass is 413 g/mol. The van der Waals surface area contributed by atoms with Crippen LogP contribution in [0, 0.1) is 0 Å². The molecule has 2 N–H and O–H groups in total. The Morgan fingerprint density at radius 3 is 2.63 bits per heavy atom. The van der Waals surface area contributed by atoms with Crippen LogP contribution < -0.4 is 10.6 Å². The van der Waals surface area contributed by atoms with Crippen LogP contribution in [0.5, 0.6) is 0 Å². The van der Waals surface area contributed by atoms with E-state index in [-0.39, 0.29) is 28.6 Å². The number of benzene rings is 1. The van der Waals surface area contributed by atoms with Gasteiger partial charge in [-0.25, -0.2) is 8.42 Å². The summed E-state index contributed by atoms with van der Waals surface area (Å²) in [5.74, 6) is -0.570. The third kappa shape index (κ3) is 4.80. The minimum atomic E-state index is -3.43. The van der Waals surface area contributed by atoms with Crippen LogP contribution in [0.25, 0.3) is 0 Å². The van der Waals surface area contributed by atoms with Crippen LogP contribution in [0.3, 0.4) is 0 Å². The summed E-state index contributed by atoms with van der Waals surface area (Å²) < 4.78 is 26.0. The van der Waals surface area contributed by atoms with Gasteiger partial charge in [-0.1, -0.05) is 18.5 Å². The van der Waals surface area contributed by atoms with Crippen LogP contribution >= 0.6 is 11.6 Å². The van der Waals surface area contributed by atoms with Crippen LogP contribution in [0.1, 0.15) is 49.4 Å². The first kappa shape index (κ1) is 20.1. The lowest BCUT2D eigenvalue weighted by molar-refractivity contribution is -0.119. The van der Waals surface area contributed by atoms with E-state index in [9.17, 15) is 18.0 Å². The quantitative estimate of drug-likeness (QED) is 0.717. The zero-order valence-electron chi connectivity index (χ0n) is 15.2. The fourth-order valence-electron chi connectivity index (χ4n) is 3.20. The van der Waals surface area contributed by atoms with Gasteiger partial charge in [0.15, 0.2) is 0 Å². The molecule has 27 heavy (non-hydrogen) atoms. The van der Waals surface area contributed by atoms with Crippen LogP contribution in [0.2, 0.25) is 5.02 Å². The van der Waals surface area contributed by atoms with E-state index in [0.717, 1.165) is 12.8 Å². The van der Waals surface area contributed by atoms with Crippen LogP contribution in [-0.2, 0) is 14.8 Å². The van der Waals surface area contributed by atoms with Crippen molar-refractivity contribution in [3.8, 4) is 0 Å². The number of carbonyl (C=O) groups excluding carboxylic acids is 2. The van der Waals surface area contributed by atoms with Crippen molar-refractivity contribution < 1.29 is 18.0 Å². The molecule has 0 bridgehead atoms. The van der Waals surface area contributed by atoms with Gasteiger partial charge in [-0.15, -0.1) is 0 Å². The first-order valence-electron chi connectivity index (χ1n) is 9.22. The summed E-state index contributed by atoms with van der Waals surface area (Å²) in [4.78, 5) is 24.7. The second-order valence-electron chi connectivity index (χ2n) is 7.02. The van der Waals surface area contributed by atoms with E-state index in [1.807, 2.05) is 0 Å². The lowest BCUT2D eigenvalue weighted by Gasteiger charge is -2.23. The van der Waals surface area contributed by atoms with Crippen LogP contribution in [0.15, 0.2) is 18.2 Å². The number of hydrogen-bond acceptors (Lipinski definition) is 4. The Morgan fingerprint density at radius 2 is 2.00 bits per heavy atom. The fraction of sp³-hybridized carbons (Fsp3) is 0.556. The molecule has 2 fully saturated rings. The SMILES string of the molecule is CCCS(=O)(=O)N1CCCC1C(=O)Nc1ccc(C(=O)NC2CC2)c(Cl)c1. The Balaban J connectivity index is 1.68. The summed E-state index contributed by atoms with van der Waals surface area (Å²) in [6.45, 7) is 2.16. The van der Waals surface area contributed by atoms with Crippen molar-refractivity contribution in [2.45, 2.75) is 51.1 Å². The number of nitrogens with one attached hydrogen (secondary N) is 2. The van der Waals surface area contributed by atoms with Gasteiger partial charge in [-0.2, -0.15) is 4.31 Å². The number of sulfonamides is 1. The molecule has 1 aliphatic carbocycles. The van der Waals surface area contributed by atoms with Crippen molar-refractivity contribution >= 4 is 39.1 Å². The van der Waals surface area contributed by atoms with Crippen molar-refractivity contribution in [3.63, 3.8) is 0 Å². The molecule has 0 spiro atoms. The summed E-state index contributed by atoms with van der Waals surface area (Å²) in [5.41, 5.74) is 0.794. The van der Waals surface area contributed by atoms with E-state index >= 15 is 0 Å². The molecule has 1 aromatic carbocycles. The fourth-order valence-corrected chi connectivity index (χ4v) is 5.22. The third-order valence-electron chi connectivity index (χ3n) is 4.72. The maximum Gasteiger partial charge on any atom is 0.253 e. The minimum absolute atomic E-state index is 0.0351. The second-order valence-corrected chi connectivity index (χ2v) is 9.46. The van der Waals surface area contributed by atoms with E-state index < -0.39 is 16.1 Å². The zero-order valence-corrected chi connectivity index (χ0v) is 16.8. The predicted molar refractivity (Wildman–Crippen MR) is 104 cm³/mol. The first-order chi connectivity index (χ1) is 12.8. The van der Waals surface area contributed by atoms with Gasteiger partial charge in [0.1, 0.15) is 6.04 Å². The minimum Gasteiger partial charge on any atom is -0.349 e. The highest BCUT2D eigenvalue weighted by atomic mass is 35.5. The smallest absolute Gasteiger partial charge is 0.253 e. The maximum absolute atomic E-state index is 12.6. The molecule has 2 amide bonds. The molecule has 0 aromatic heterocycles. The maximum atomic E-state index is 12.6. The molecule has 1 aliphatic heterocycles. The van der Waals surface area contributed by atoms with Crippen molar-refractivity contribution in [1.29, 1.82) is 0 Å². The summed E-state index contributed by atoms with van der Waals surface area (Å²) in [6.07, 6.45) is 3.62. The number of hydrogen-bond donors (Lipinski definition) is 2.